The van der Waals surface area contributed by atoms with E-state index in [0.29, 0.717) is 5.02 Å². The van der Waals surface area contributed by atoms with Crippen LogP contribution in [0.5, 0.6) is 0 Å². The Kier molecular flexibility index (Phi) is 3.82. The molecule has 0 aliphatic rings. The van der Waals surface area contributed by atoms with Crippen molar-refractivity contribution in [2.75, 3.05) is 5.32 Å². The molecule has 19 heavy (non-hydrogen) atoms. The summed E-state index contributed by atoms with van der Waals surface area (Å²) in [6.45, 7) is 0. The van der Waals surface area contributed by atoms with Gasteiger partial charge < -0.3 is 9.52 Å². The standard InChI is InChI=1S/C12H9ClN2O4/c13-9-4-2-1-3-8(9)11(18)15-12-14-7(6-19-12)5-10(16)17/h1-4,6H,5H2,(H,16,17)(H,14,15,18). The lowest BCUT2D eigenvalue weighted by molar-refractivity contribution is -0.136. The van der Waals surface area contributed by atoms with Crippen molar-refractivity contribution in [3.63, 3.8) is 0 Å². The van der Waals surface area contributed by atoms with Crippen LogP contribution in [0.1, 0.15) is 16.1 Å². The summed E-state index contributed by atoms with van der Waals surface area (Å²) in [6.07, 6.45) is 0.905. The Bertz CT molecular complexity index is 624. The van der Waals surface area contributed by atoms with E-state index in [1.807, 2.05) is 0 Å². The summed E-state index contributed by atoms with van der Waals surface area (Å²) in [5.41, 5.74) is 0.504. The maximum Gasteiger partial charge on any atom is 0.309 e. The number of aliphatic carboxylic acids is 1. The molecular weight excluding hydrogens is 272 g/mol. The molecule has 2 rings (SSSR count). The van der Waals surface area contributed by atoms with Crippen molar-refractivity contribution in [1.82, 2.24) is 4.98 Å². The van der Waals surface area contributed by atoms with E-state index in [9.17, 15) is 9.59 Å². The van der Waals surface area contributed by atoms with Crippen LogP contribution in [0.4, 0.5) is 6.01 Å². The van der Waals surface area contributed by atoms with Gasteiger partial charge in [0.2, 0.25) is 0 Å². The molecule has 2 N–H and O–H groups in total. The van der Waals surface area contributed by atoms with Gasteiger partial charge in [-0.15, -0.1) is 0 Å². The van der Waals surface area contributed by atoms with Crippen molar-refractivity contribution in [3.05, 3.63) is 46.8 Å². The third-order valence-corrected chi connectivity index (χ3v) is 2.55. The fourth-order valence-electron chi connectivity index (χ4n) is 1.41. The van der Waals surface area contributed by atoms with Gasteiger partial charge in [0.1, 0.15) is 6.26 Å². The topological polar surface area (TPSA) is 92.4 Å². The Morgan fingerprint density at radius 3 is 2.79 bits per heavy atom. The van der Waals surface area contributed by atoms with Gasteiger partial charge in [-0.3, -0.25) is 14.9 Å². The van der Waals surface area contributed by atoms with E-state index in [-0.39, 0.29) is 23.7 Å². The summed E-state index contributed by atoms with van der Waals surface area (Å²) in [7, 11) is 0. The molecule has 7 heteroatoms. The Morgan fingerprint density at radius 1 is 1.37 bits per heavy atom. The van der Waals surface area contributed by atoms with Crippen LogP contribution in [0.3, 0.4) is 0 Å². The minimum absolute atomic E-state index is 0.0684. The van der Waals surface area contributed by atoms with Crippen LogP contribution >= 0.6 is 11.6 Å². The maximum atomic E-state index is 11.9. The molecule has 6 nitrogen and oxygen atoms in total. The van der Waals surface area contributed by atoms with E-state index in [1.54, 1.807) is 24.3 Å². The highest BCUT2D eigenvalue weighted by Gasteiger charge is 2.13. The highest BCUT2D eigenvalue weighted by Crippen LogP contribution is 2.17. The molecule has 1 heterocycles. The molecule has 0 saturated carbocycles. The summed E-state index contributed by atoms with van der Waals surface area (Å²) in [5, 5.41) is 11.3. The zero-order chi connectivity index (χ0) is 13.8. The predicted molar refractivity (Wildman–Crippen MR) is 67.2 cm³/mol. The molecule has 1 aromatic heterocycles. The smallest absolute Gasteiger partial charge is 0.309 e. The number of carboxylic acids is 1. The van der Waals surface area contributed by atoms with Crippen LogP contribution in [0.25, 0.3) is 0 Å². The molecule has 0 radical (unpaired) electrons. The number of anilines is 1. The number of aromatic nitrogens is 1. The molecule has 0 bridgehead atoms. The summed E-state index contributed by atoms with van der Waals surface area (Å²) >= 11 is 5.87. The van der Waals surface area contributed by atoms with Gasteiger partial charge in [-0.2, -0.15) is 4.98 Å². The number of rotatable bonds is 4. The van der Waals surface area contributed by atoms with Gasteiger partial charge in [0.05, 0.1) is 22.7 Å². The number of benzene rings is 1. The zero-order valence-electron chi connectivity index (χ0n) is 9.59. The first-order chi connectivity index (χ1) is 9.06. The fourth-order valence-corrected chi connectivity index (χ4v) is 1.63. The second kappa shape index (κ2) is 5.53. The number of carbonyl (C=O) groups excluding carboxylic acids is 1. The van der Waals surface area contributed by atoms with E-state index in [4.69, 9.17) is 21.1 Å². The zero-order valence-corrected chi connectivity index (χ0v) is 10.3. The lowest BCUT2D eigenvalue weighted by Gasteiger charge is -2.02. The first-order valence-corrected chi connectivity index (χ1v) is 5.66. The Morgan fingerprint density at radius 2 is 2.11 bits per heavy atom. The molecule has 2 aromatic rings. The SMILES string of the molecule is O=C(O)Cc1coc(NC(=O)c2ccccc2Cl)n1. The van der Waals surface area contributed by atoms with Crippen LogP contribution in [0.2, 0.25) is 5.02 Å². The van der Waals surface area contributed by atoms with Crippen LogP contribution < -0.4 is 5.32 Å². The van der Waals surface area contributed by atoms with Gasteiger partial charge in [0, 0.05) is 0 Å². The van der Waals surface area contributed by atoms with E-state index in [0.717, 1.165) is 0 Å². The van der Waals surface area contributed by atoms with Gasteiger partial charge in [-0.25, -0.2) is 0 Å². The summed E-state index contributed by atoms with van der Waals surface area (Å²) < 4.78 is 4.95. The lowest BCUT2D eigenvalue weighted by Crippen LogP contribution is -2.12. The first kappa shape index (κ1) is 13.1. The van der Waals surface area contributed by atoms with Gasteiger partial charge in [0.15, 0.2) is 0 Å². The molecule has 0 atom stereocenters. The van der Waals surface area contributed by atoms with Crippen LogP contribution in [0, 0.1) is 0 Å². The van der Waals surface area contributed by atoms with Crippen molar-refractivity contribution in [1.29, 1.82) is 0 Å². The van der Waals surface area contributed by atoms with Gasteiger partial charge in [0.25, 0.3) is 5.91 Å². The molecule has 0 spiro atoms. The summed E-state index contributed by atoms with van der Waals surface area (Å²) in [4.78, 5) is 26.2. The highest BCUT2D eigenvalue weighted by molar-refractivity contribution is 6.34. The molecule has 1 aromatic carbocycles. The normalized spacial score (nSPS) is 10.2. The summed E-state index contributed by atoms with van der Waals surface area (Å²) in [6, 6.07) is 6.45. The largest absolute Gasteiger partial charge is 0.481 e. The number of hydrogen-bond donors (Lipinski definition) is 2. The van der Waals surface area contributed by atoms with Crippen LogP contribution in [-0.4, -0.2) is 22.0 Å². The highest BCUT2D eigenvalue weighted by atomic mass is 35.5. The van der Waals surface area contributed by atoms with Crippen molar-refractivity contribution in [2.24, 2.45) is 0 Å². The average Bonchev–Trinajstić information content (AvgIpc) is 2.76. The second-order valence-corrected chi connectivity index (χ2v) is 4.06. The van der Waals surface area contributed by atoms with Gasteiger partial charge in [-0.1, -0.05) is 23.7 Å². The quantitative estimate of drug-likeness (QED) is 0.896. The van der Waals surface area contributed by atoms with Crippen molar-refractivity contribution in [3.8, 4) is 0 Å². The van der Waals surface area contributed by atoms with Gasteiger partial charge in [-0.05, 0) is 12.1 Å². The number of oxazole rings is 1. The minimum Gasteiger partial charge on any atom is -0.481 e. The molecular formula is C12H9ClN2O4. The Hall–Kier alpha value is -2.34. The monoisotopic (exact) mass is 280 g/mol. The predicted octanol–water partition coefficient (Wildman–Crippen LogP) is 2.21. The fraction of sp³-hybridized carbons (Fsp3) is 0.0833. The number of carbonyl (C=O) groups is 2. The van der Waals surface area contributed by atoms with Crippen LogP contribution in [-0.2, 0) is 11.2 Å². The number of carboxylic acid groups (broad SMARTS) is 1. The van der Waals surface area contributed by atoms with Crippen molar-refractivity contribution < 1.29 is 19.1 Å². The average molecular weight is 281 g/mol. The maximum absolute atomic E-state index is 11.9. The number of halogens is 1. The molecule has 0 aliphatic heterocycles. The number of nitrogens with zero attached hydrogens (tertiary/aromatic N) is 1. The molecule has 0 unspecified atom stereocenters. The third kappa shape index (κ3) is 3.32. The van der Waals surface area contributed by atoms with E-state index < -0.39 is 11.9 Å². The van der Waals surface area contributed by atoms with Gasteiger partial charge >= 0.3 is 12.0 Å². The van der Waals surface area contributed by atoms with Crippen LogP contribution in [0.15, 0.2) is 34.9 Å². The Balaban J connectivity index is 2.09. The molecule has 1 amide bonds. The van der Waals surface area contributed by atoms with E-state index >= 15 is 0 Å². The third-order valence-electron chi connectivity index (χ3n) is 2.22. The number of hydrogen-bond acceptors (Lipinski definition) is 4. The minimum atomic E-state index is -1.03. The van der Waals surface area contributed by atoms with E-state index in [2.05, 4.69) is 10.3 Å². The molecule has 0 aliphatic carbocycles. The van der Waals surface area contributed by atoms with E-state index in [1.165, 1.54) is 6.26 Å². The number of amides is 1. The van der Waals surface area contributed by atoms with Crippen molar-refractivity contribution >= 4 is 29.5 Å². The summed E-state index contributed by atoms with van der Waals surface area (Å²) in [5.74, 6) is -1.51. The molecule has 0 fully saturated rings. The Labute approximate surface area is 113 Å². The van der Waals surface area contributed by atoms with Crippen molar-refractivity contribution in [2.45, 2.75) is 6.42 Å². The molecule has 0 saturated heterocycles. The second-order valence-electron chi connectivity index (χ2n) is 3.65. The molecule has 98 valence electrons. The lowest BCUT2D eigenvalue weighted by atomic mass is 10.2. The number of nitrogens with one attached hydrogen (secondary N) is 1. The first-order valence-electron chi connectivity index (χ1n) is 5.28.